The molecule has 0 radical (unpaired) electrons. The van der Waals surface area contributed by atoms with E-state index in [4.69, 9.17) is 4.74 Å². The fourth-order valence-corrected chi connectivity index (χ4v) is 1.71. The van der Waals surface area contributed by atoms with Crippen molar-refractivity contribution in [2.45, 2.75) is 6.92 Å². The maximum atomic E-state index is 11.9. The summed E-state index contributed by atoms with van der Waals surface area (Å²) < 4.78 is 5.13. The number of hydrogen-bond acceptors (Lipinski definition) is 4. The molecule has 0 aliphatic carbocycles. The fraction of sp³-hybridized carbons (Fsp3) is 0.333. The first-order valence-corrected chi connectivity index (χ1v) is 5.54. The lowest BCUT2D eigenvalue weighted by molar-refractivity contribution is 0.0534. The van der Waals surface area contributed by atoms with Crippen molar-refractivity contribution in [2.75, 3.05) is 19.8 Å². The Balaban J connectivity index is 2.03. The molecule has 1 aromatic rings. The van der Waals surface area contributed by atoms with Crippen molar-refractivity contribution >= 4 is 11.8 Å². The molecule has 0 spiro atoms. The van der Waals surface area contributed by atoms with E-state index in [1.165, 1.54) is 0 Å². The van der Waals surface area contributed by atoms with Crippen LogP contribution in [0.4, 0.5) is 0 Å². The summed E-state index contributed by atoms with van der Waals surface area (Å²) in [6, 6.07) is 6.79. The Hall–Kier alpha value is -1.72. The van der Waals surface area contributed by atoms with E-state index in [1.54, 1.807) is 24.3 Å². The highest BCUT2D eigenvalue weighted by Gasteiger charge is 2.34. The van der Waals surface area contributed by atoms with Gasteiger partial charge < -0.3 is 4.74 Å². The van der Waals surface area contributed by atoms with Crippen LogP contribution in [0.5, 0.6) is 0 Å². The standard InChI is InChI=1S/C12H14N2O3/c1-2-17-8-7-13-14-11(15)9-5-3-4-6-10(9)12(14)16/h3-6,13H,2,7-8H2,1H3. The molecule has 1 aromatic carbocycles. The zero-order valence-corrected chi connectivity index (χ0v) is 9.60. The van der Waals surface area contributed by atoms with Gasteiger partial charge in [0.1, 0.15) is 0 Å². The zero-order valence-electron chi connectivity index (χ0n) is 9.60. The van der Waals surface area contributed by atoms with Crippen molar-refractivity contribution in [3.05, 3.63) is 35.4 Å². The number of fused-ring (bicyclic) bond motifs is 1. The third-order valence-corrected chi connectivity index (χ3v) is 2.51. The van der Waals surface area contributed by atoms with Crippen molar-refractivity contribution in [3.63, 3.8) is 0 Å². The number of nitrogens with one attached hydrogen (secondary N) is 1. The van der Waals surface area contributed by atoms with Crippen molar-refractivity contribution in [2.24, 2.45) is 0 Å². The van der Waals surface area contributed by atoms with Crippen molar-refractivity contribution in [1.82, 2.24) is 10.4 Å². The molecule has 1 N–H and O–H groups in total. The summed E-state index contributed by atoms with van der Waals surface area (Å²) in [5.41, 5.74) is 3.66. The highest BCUT2D eigenvalue weighted by molar-refractivity contribution is 6.20. The smallest absolute Gasteiger partial charge is 0.276 e. The van der Waals surface area contributed by atoms with Gasteiger partial charge in [0.15, 0.2) is 0 Å². The van der Waals surface area contributed by atoms with Crippen molar-refractivity contribution < 1.29 is 14.3 Å². The molecule has 0 saturated heterocycles. The number of hydrogen-bond donors (Lipinski definition) is 1. The molecule has 0 unspecified atom stereocenters. The molecule has 90 valence electrons. The number of nitrogens with zero attached hydrogens (tertiary/aromatic N) is 1. The first-order valence-electron chi connectivity index (χ1n) is 5.54. The lowest BCUT2D eigenvalue weighted by Crippen LogP contribution is -2.43. The second-order valence-electron chi connectivity index (χ2n) is 3.60. The molecule has 5 heteroatoms. The molecule has 0 saturated carbocycles. The van der Waals surface area contributed by atoms with Crippen LogP contribution >= 0.6 is 0 Å². The minimum atomic E-state index is -0.304. The second kappa shape index (κ2) is 5.07. The average Bonchev–Trinajstić information content (AvgIpc) is 2.60. The van der Waals surface area contributed by atoms with Gasteiger partial charge in [0.05, 0.1) is 17.7 Å². The number of carbonyl (C=O) groups is 2. The molecular weight excluding hydrogens is 220 g/mol. The van der Waals surface area contributed by atoms with Gasteiger partial charge in [-0.1, -0.05) is 12.1 Å². The van der Waals surface area contributed by atoms with Crippen molar-refractivity contribution in [1.29, 1.82) is 0 Å². The molecule has 2 amide bonds. The topological polar surface area (TPSA) is 58.6 Å². The summed E-state index contributed by atoms with van der Waals surface area (Å²) in [5.74, 6) is -0.607. The van der Waals surface area contributed by atoms with Crippen LogP contribution in [0.2, 0.25) is 0 Å². The second-order valence-corrected chi connectivity index (χ2v) is 3.60. The fourth-order valence-electron chi connectivity index (χ4n) is 1.71. The van der Waals surface area contributed by atoms with Gasteiger partial charge in [-0.05, 0) is 19.1 Å². The van der Waals surface area contributed by atoms with Crippen LogP contribution in [-0.2, 0) is 4.74 Å². The van der Waals surface area contributed by atoms with Gasteiger partial charge in [-0.2, -0.15) is 0 Å². The summed E-state index contributed by atoms with van der Waals surface area (Å²) in [4.78, 5) is 23.7. The number of benzene rings is 1. The van der Waals surface area contributed by atoms with E-state index >= 15 is 0 Å². The molecule has 0 aromatic heterocycles. The van der Waals surface area contributed by atoms with Crippen LogP contribution in [0.15, 0.2) is 24.3 Å². The lowest BCUT2D eigenvalue weighted by Gasteiger charge is -2.14. The van der Waals surface area contributed by atoms with E-state index in [0.29, 0.717) is 30.9 Å². The average molecular weight is 234 g/mol. The Labute approximate surface area is 99.3 Å². The molecular formula is C12H14N2O3. The number of ether oxygens (including phenoxy) is 1. The number of rotatable bonds is 5. The molecule has 2 rings (SSSR count). The largest absolute Gasteiger partial charge is 0.380 e. The maximum Gasteiger partial charge on any atom is 0.276 e. The third kappa shape index (κ3) is 2.20. The predicted octanol–water partition coefficient (Wildman–Crippen LogP) is 0.824. The Bertz CT molecular complexity index is 410. The summed E-state index contributed by atoms with van der Waals surface area (Å²) >= 11 is 0. The van der Waals surface area contributed by atoms with Gasteiger partial charge in [0.25, 0.3) is 11.8 Å². The monoisotopic (exact) mass is 234 g/mol. The van der Waals surface area contributed by atoms with E-state index in [-0.39, 0.29) is 11.8 Å². The molecule has 5 nitrogen and oxygen atoms in total. The van der Waals surface area contributed by atoms with E-state index in [0.717, 1.165) is 5.01 Å². The van der Waals surface area contributed by atoms with Gasteiger partial charge >= 0.3 is 0 Å². The summed E-state index contributed by atoms with van der Waals surface area (Å²) in [6.07, 6.45) is 0. The Morgan fingerprint density at radius 1 is 1.18 bits per heavy atom. The van der Waals surface area contributed by atoms with Crippen LogP contribution in [0.25, 0.3) is 0 Å². The minimum absolute atomic E-state index is 0.304. The Morgan fingerprint density at radius 2 is 1.76 bits per heavy atom. The number of hydrazine groups is 1. The number of carbonyl (C=O) groups excluding carboxylic acids is 2. The van der Waals surface area contributed by atoms with E-state index in [9.17, 15) is 9.59 Å². The molecule has 1 aliphatic rings. The van der Waals surface area contributed by atoms with Crippen LogP contribution in [0, 0.1) is 0 Å². The highest BCUT2D eigenvalue weighted by Crippen LogP contribution is 2.20. The normalized spacial score (nSPS) is 14.3. The van der Waals surface area contributed by atoms with Crippen molar-refractivity contribution in [3.8, 4) is 0 Å². The Kier molecular flexibility index (Phi) is 3.51. The first kappa shape index (κ1) is 11.8. The van der Waals surface area contributed by atoms with Crippen LogP contribution in [-0.4, -0.2) is 36.6 Å². The summed E-state index contributed by atoms with van der Waals surface area (Å²) in [5, 5.41) is 1.05. The zero-order chi connectivity index (χ0) is 12.3. The van der Waals surface area contributed by atoms with Gasteiger partial charge in [0.2, 0.25) is 0 Å². The molecule has 0 fully saturated rings. The number of imide groups is 1. The van der Waals surface area contributed by atoms with Gasteiger partial charge in [-0.3, -0.25) is 9.59 Å². The molecule has 1 heterocycles. The van der Waals surface area contributed by atoms with Crippen LogP contribution in [0.1, 0.15) is 27.6 Å². The van der Waals surface area contributed by atoms with E-state index in [1.807, 2.05) is 6.92 Å². The molecule has 1 aliphatic heterocycles. The third-order valence-electron chi connectivity index (χ3n) is 2.51. The predicted molar refractivity (Wildman–Crippen MR) is 61.4 cm³/mol. The molecule has 17 heavy (non-hydrogen) atoms. The first-order chi connectivity index (χ1) is 8.25. The van der Waals surface area contributed by atoms with Crippen LogP contribution < -0.4 is 5.43 Å². The SMILES string of the molecule is CCOCCNN1C(=O)c2ccccc2C1=O. The van der Waals surface area contributed by atoms with Gasteiger partial charge in [0, 0.05) is 13.2 Å². The van der Waals surface area contributed by atoms with E-state index in [2.05, 4.69) is 5.43 Å². The van der Waals surface area contributed by atoms with Crippen LogP contribution in [0.3, 0.4) is 0 Å². The van der Waals surface area contributed by atoms with Gasteiger partial charge in [-0.15, -0.1) is 0 Å². The highest BCUT2D eigenvalue weighted by atomic mass is 16.5. The molecule has 0 atom stereocenters. The summed E-state index contributed by atoms with van der Waals surface area (Å²) in [6.45, 7) is 3.40. The summed E-state index contributed by atoms with van der Waals surface area (Å²) in [7, 11) is 0. The Morgan fingerprint density at radius 3 is 2.29 bits per heavy atom. The minimum Gasteiger partial charge on any atom is -0.380 e. The molecule has 0 bridgehead atoms. The quantitative estimate of drug-likeness (QED) is 0.605. The van der Waals surface area contributed by atoms with Gasteiger partial charge in [-0.25, -0.2) is 10.4 Å². The maximum absolute atomic E-state index is 11.9. The lowest BCUT2D eigenvalue weighted by atomic mass is 10.1. The number of amides is 2. The van der Waals surface area contributed by atoms with E-state index < -0.39 is 0 Å².